The van der Waals surface area contributed by atoms with Crippen LogP contribution in [0.1, 0.15) is 0 Å². The Hall–Kier alpha value is -0.370. The van der Waals surface area contributed by atoms with Crippen molar-refractivity contribution >= 4 is 38.4 Å². The highest BCUT2D eigenvalue weighted by atomic mass is 127. The number of aromatic nitrogens is 1. The SMILES string of the molecule is CN(c1ncccc1I)S(C)(=O)=O. The Bertz CT molecular complexity index is 405. The molecular formula is C7H9IN2O2S. The fourth-order valence-electron chi connectivity index (χ4n) is 0.766. The van der Waals surface area contributed by atoms with E-state index in [1.54, 1.807) is 12.3 Å². The summed E-state index contributed by atoms with van der Waals surface area (Å²) >= 11 is 2.05. The van der Waals surface area contributed by atoms with E-state index >= 15 is 0 Å². The number of hydrogen-bond acceptors (Lipinski definition) is 3. The van der Waals surface area contributed by atoms with Crippen molar-refractivity contribution < 1.29 is 8.42 Å². The van der Waals surface area contributed by atoms with Crippen molar-refractivity contribution in [3.8, 4) is 0 Å². The molecule has 0 aliphatic heterocycles. The van der Waals surface area contributed by atoms with Crippen LogP contribution in [0.15, 0.2) is 18.3 Å². The van der Waals surface area contributed by atoms with Gasteiger partial charge in [0.05, 0.1) is 9.83 Å². The van der Waals surface area contributed by atoms with Crippen molar-refractivity contribution in [1.29, 1.82) is 0 Å². The maximum atomic E-state index is 11.2. The van der Waals surface area contributed by atoms with E-state index in [1.165, 1.54) is 7.05 Å². The van der Waals surface area contributed by atoms with Crippen LogP contribution in [-0.2, 0) is 10.0 Å². The Morgan fingerprint density at radius 1 is 1.54 bits per heavy atom. The Morgan fingerprint density at radius 2 is 2.15 bits per heavy atom. The second-order valence-electron chi connectivity index (χ2n) is 2.54. The molecule has 1 aromatic rings. The molecule has 13 heavy (non-hydrogen) atoms. The Labute approximate surface area is 91.2 Å². The van der Waals surface area contributed by atoms with Crippen LogP contribution in [0.5, 0.6) is 0 Å². The number of nitrogens with zero attached hydrogens (tertiary/aromatic N) is 2. The predicted molar refractivity (Wildman–Crippen MR) is 60.2 cm³/mol. The molecule has 1 heterocycles. The van der Waals surface area contributed by atoms with Gasteiger partial charge in [0.25, 0.3) is 0 Å². The third-order valence-electron chi connectivity index (χ3n) is 1.53. The number of anilines is 1. The molecule has 0 bridgehead atoms. The van der Waals surface area contributed by atoms with E-state index in [0.29, 0.717) is 5.82 Å². The number of pyridine rings is 1. The molecule has 0 fully saturated rings. The summed E-state index contributed by atoms with van der Waals surface area (Å²) in [4.78, 5) is 3.98. The van der Waals surface area contributed by atoms with Gasteiger partial charge in [0.1, 0.15) is 0 Å². The lowest BCUT2D eigenvalue weighted by Crippen LogP contribution is -2.26. The maximum absolute atomic E-state index is 11.2. The molecule has 0 radical (unpaired) electrons. The van der Waals surface area contributed by atoms with E-state index in [2.05, 4.69) is 4.98 Å². The van der Waals surface area contributed by atoms with Crippen molar-refractivity contribution in [2.24, 2.45) is 0 Å². The molecule has 0 N–H and O–H groups in total. The van der Waals surface area contributed by atoms with Crippen LogP contribution in [0, 0.1) is 3.57 Å². The average molecular weight is 312 g/mol. The Morgan fingerprint density at radius 3 is 2.62 bits per heavy atom. The zero-order chi connectivity index (χ0) is 10.1. The van der Waals surface area contributed by atoms with E-state index in [-0.39, 0.29) is 0 Å². The number of sulfonamides is 1. The average Bonchev–Trinajstić information content (AvgIpc) is 2.02. The van der Waals surface area contributed by atoms with Gasteiger partial charge in [-0.2, -0.15) is 0 Å². The Kier molecular flexibility index (Phi) is 3.12. The fraction of sp³-hybridized carbons (Fsp3) is 0.286. The van der Waals surface area contributed by atoms with Crippen LogP contribution in [0.3, 0.4) is 0 Å². The van der Waals surface area contributed by atoms with Gasteiger partial charge in [0, 0.05) is 13.2 Å². The summed E-state index contributed by atoms with van der Waals surface area (Å²) in [5.74, 6) is 0.464. The minimum atomic E-state index is -3.21. The summed E-state index contributed by atoms with van der Waals surface area (Å²) in [6.45, 7) is 0. The topological polar surface area (TPSA) is 50.3 Å². The lowest BCUT2D eigenvalue weighted by atomic mass is 10.5. The van der Waals surface area contributed by atoms with Gasteiger partial charge in [-0.05, 0) is 34.7 Å². The molecule has 1 aromatic heterocycles. The van der Waals surface area contributed by atoms with E-state index in [1.807, 2.05) is 28.7 Å². The van der Waals surface area contributed by atoms with Gasteiger partial charge in [-0.3, -0.25) is 4.31 Å². The molecule has 0 atom stereocenters. The summed E-state index contributed by atoms with van der Waals surface area (Å²) in [7, 11) is -1.73. The molecule has 1 rings (SSSR count). The molecule has 0 saturated carbocycles. The van der Waals surface area contributed by atoms with Gasteiger partial charge in [-0.25, -0.2) is 13.4 Å². The first-order valence-electron chi connectivity index (χ1n) is 3.47. The lowest BCUT2D eigenvalue weighted by molar-refractivity contribution is 0.599. The third kappa shape index (κ3) is 2.53. The second kappa shape index (κ2) is 3.79. The zero-order valence-electron chi connectivity index (χ0n) is 7.23. The summed E-state index contributed by atoms with van der Waals surface area (Å²) in [5, 5.41) is 0. The molecule has 4 nitrogen and oxygen atoms in total. The highest BCUT2D eigenvalue weighted by Gasteiger charge is 2.15. The van der Waals surface area contributed by atoms with E-state index in [0.717, 1.165) is 14.1 Å². The minimum Gasteiger partial charge on any atom is -0.256 e. The van der Waals surface area contributed by atoms with Crippen molar-refractivity contribution in [3.05, 3.63) is 21.9 Å². The molecule has 0 unspecified atom stereocenters. The quantitative estimate of drug-likeness (QED) is 0.768. The molecule has 0 amide bonds. The summed E-state index contributed by atoms with van der Waals surface area (Å²) < 4.78 is 24.3. The predicted octanol–water partition coefficient (Wildman–Crippen LogP) is 1.08. The van der Waals surface area contributed by atoms with Crippen LogP contribution < -0.4 is 4.31 Å². The van der Waals surface area contributed by atoms with Gasteiger partial charge < -0.3 is 0 Å². The van der Waals surface area contributed by atoms with Gasteiger partial charge in [-0.1, -0.05) is 0 Å². The number of hydrogen-bond donors (Lipinski definition) is 0. The lowest BCUT2D eigenvalue weighted by Gasteiger charge is -2.16. The van der Waals surface area contributed by atoms with Gasteiger partial charge in [-0.15, -0.1) is 0 Å². The van der Waals surface area contributed by atoms with Crippen LogP contribution >= 0.6 is 22.6 Å². The summed E-state index contributed by atoms with van der Waals surface area (Å²) in [5.41, 5.74) is 0. The number of halogens is 1. The van der Waals surface area contributed by atoms with E-state index < -0.39 is 10.0 Å². The molecule has 72 valence electrons. The first-order valence-corrected chi connectivity index (χ1v) is 6.40. The molecule has 0 spiro atoms. The molecule has 0 aromatic carbocycles. The van der Waals surface area contributed by atoms with Crippen LogP contribution in [0.25, 0.3) is 0 Å². The van der Waals surface area contributed by atoms with Gasteiger partial charge in [0.15, 0.2) is 5.82 Å². The van der Waals surface area contributed by atoms with E-state index in [9.17, 15) is 8.42 Å². The maximum Gasteiger partial charge on any atom is 0.233 e. The standard InChI is InChI=1S/C7H9IN2O2S/c1-10(13(2,11)12)7-6(8)4-3-5-9-7/h3-5H,1-2H3. The van der Waals surface area contributed by atoms with Crippen molar-refractivity contribution in [2.75, 3.05) is 17.6 Å². The van der Waals surface area contributed by atoms with Gasteiger partial charge in [0.2, 0.25) is 10.0 Å². The molecule has 0 aliphatic rings. The van der Waals surface area contributed by atoms with E-state index in [4.69, 9.17) is 0 Å². The largest absolute Gasteiger partial charge is 0.256 e. The summed E-state index contributed by atoms with van der Waals surface area (Å²) in [6.07, 6.45) is 2.72. The first kappa shape index (κ1) is 10.7. The third-order valence-corrected chi connectivity index (χ3v) is 3.54. The highest BCUT2D eigenvalue weighted by Crippen LogP contribution is 2.19. The molecule has 0 aliphatic carbocycles. The van der Waals surface area contributed by atoms with Crippen LogP contribution in [0.2, 0.25) is 0 Å². The summed E-state index contributed by atoms with van der Waals surface area (Å²) in [6, 6.07) is 3.58. The first-order chi connectivity index (χ1) is 5.93. The molecular weight excluding hydrogens is 303 g/mol. The smallest absolute Gasteiger partial charge is 0.233 e. The second-order valence-corrected chi connectivity index (χ2v) is 5.72. The van der Waals surface area contributed by atoms with Crippen molar-refractivity contribution in [2.45, 2.75) is 0 Å². The number of rotatable bonds is 2. The highest BCUT2D eigenvalue weighted by molar-refractivity contribution is 14.1. The van der Waals surface area contributed by atoms with Crippen molar-refractivity contribution in [1.82, 2.24) is 4.98 Å². The molecule has 0 saturated heterocycles. The fourth-order valence-corrected chi connectivity index (χ4v) is 2.10. The van der Waals surface area contributed by atoms with Crippen LogP contribution in [0.4, 0.5) is 5.82 Å². The molecule has 6 heteroatoms. The normalized spacial score (nSPS) is 11.3. The zero-order valence-corrected chi connectivity index (χ0v) is 10.2. The monoisotopic (exact) mass is 312 g/mol. The van der Waals surface area contributed by atoms with Gasteiger partial charge >= 0.3 is 0 Å². The van der Waals surface area contributed by atoms with Crippen LogP contribution in [-0.4, -0.2) is 26.7 Å². The Balaban J connectivity index is 3.17. The van der Waals surface area contributed by atoms with Crippen molar-refractivity contribution in [3.63, 3.8) is 0 Å². The minimum absolute atomic E-state index is 0.464.